The largest absolute Gasteiger partial charge is 0.497 e. The number of halogens is 1. The van der Waals surface area contributed by atoms with Crippen molar-refractivity contribution in [1.29, 1.82) is 0 Å². The molecule has 0 aliphatic rings. The summed E-state index contributed by atoms with van der Waals surface area (Å²) in [6, 6.07) is 7.40. The van der Waals surface area contributed by atoms with E-state index in [1.807, 2.05) is 24.3 Å². The van der Waals surface area contributed by atoms with E-state index in [1.165, 1.54) is 11.3 Å². The third-order valence-corrected chi connectivity index (χ3v) is 3.99. The van der Waals surface area contributed by atoms with Gasteiger partial charge in [-0.15, -0.1) is 23.7 Å². The van der Waals surface area contributed by atoms with Crippen LogP contribution < -0.4 is 20.5 Å². The number of amides is 1. The fourth-order valence-corrected chi connectivity index (χ4v) is 2.67. The fourth-order valence-electron chi connectivity index (χ4n) is 1.88. The lowest BCUT2D eigenvalue weighted by Gasteiger charge is -2.07. The highest BCUT2D eigenvalue weighted by Crippen LogP contribution is 2.17. The number of carbonyl (C=O) groups excluding carboxylic acids is 1. The molecule has 1 aromatic carbocycles. The summed E-state index contributed by atoms with van der Waals surface area (Å²) < 4.78 is 10.7. The van der Waals surface area contributed by atoms with E-state index < -0.39 is 0 Å². The molecule has 132 valence electrons. The molecule has 2 aromatic rings. The number of ether oxygens (including phenoxy) is 2. The molecule has 1 heterocycles. The first-order chi connectivity index (χ1) is 11.2. The maximum Gasteiger partial charge on any atom is 0.270 e. The van der Waals surface area contributed by atoms with Crippen LogP contribution in [-0.4, -0.2) is 37.7 Å². The molecule has 6 nitrogen and oxygen atoms in total. The van der Waals surface area contributed by atoms with Gasteiger partial charge in [-0.2, -0.15) is 0 Å². The van der Waals surface area contributed by atoms with Crippen molar-refractivity contribution < 1.29 is 14.3 Å². The number of nitrogens with two attached hydrogens (primary N) is 1. The van der Waals surface area contributed by atoms with E-state index in [-0.39, 0.29) is 18.3 Å². The van der Waals surface area contributed by atoms with Crippen molar-refractivity contribution in [1.82, 2.24) is 10.3 Å². The van der Waals surface area contributed by atoms with E-state index in [0.29, 0.717) is 31.8 Å². The van der Waals surface area contributed by atoms with E-state index in [4.69, 9.17) is 15.2 Å². The molecule has 0 unspecified atom stereocenters. The number of benzene rings is 1. The predicted molar refractivity (Wildman–Crippen MR) is 97.6 cm³/mol. The van der Waals surface area contributed by atoms with Crippen molar-refractivity contribution in [2.45, 2.75) is 12.8 Å². The number of carbonyl (C=O) groups is 1. The van der Waals surface area contributed by atoms with Crippen molar-refractivity contribution in [3.63, 3.8) is 0 Å². The Bertz CT molecular complexity index is 619. The molecule has 0 spiro atoms. The summed E-state index contributed by atoms with van der Waals surface area (Å²) in [6.45, 7) is 1.61. The average molecular weight is 372 g/mol. The Morgan fingerprint density at radius 3 is 2.67 bits per heavy atom. The normalized spacial score (nSPS) is 9.92. The Morgan fingerprint density at radius 1 is 1.29 bits per heavy atom. The van der Waals surface area contributed by atoms with Gasteiger partial charge < -0.3 is 20.5 Å². The van der Waals surface area contributed by atoms with E-state index in [1.54, 1.807) is 12.5 Å². The van der Waals surface area contributed by atoms with Gasteiger partial charge in [-0.3, -0.25) is 4.79 Å². The summed E-state index contributed by atoms with van der Waals surface area (Å²) in [5.74, 6) is 1.42. The van der Waals surface area contributed by atoms with Crippen molar-refractivity contribution in [2.75, 3.05) is 26.8 Å². The molecule has 24 heavy (non-hydrogen) atoms. The molecule has 2 rings (SSSR count). The van der Waals surface area contributed by atoms with Crippen molar-refractivity contribution in [3.8, 4) is 11.5 Å². The maximum absolute atomic E-state index is 11.9. The van der Waals surface area contributed by atoms with E-state index in [2.05, 4.69) is 10.3 Å². The van der Waals surface area contributed by atoms with Crippen LogP contribution >= 0.6 is 23.7 Å². The van der Waals surface area contributed by atoms with Crippen LogP contribution in [0.5, 0.6) is 11.5 Å². The average Bonchev–Trinajstić information content (AvgIpc) is 3.04. The zero-order valence-corrected chi connectivity index (χ0v) is 15.1. The van der Waals surface area contributed by atoms with Crippen LogP contribution in [0.1, 0.15) is 21.9 Å². The van der Waals surface area contributed by atoms with Gasteiger partial charge in [0.2, 0.25) is 0 Å². The van der Waals surface area contributed by atoms with Crippen LogP contribution in [0.3, 0.4) is 0 Å². The highest BCUT2D eigenvalue weighted by atomic mass is 35.5. The smallest absolute Gasteiger partial charge is 0.270 e. The summed E-state index contributed by atoms with van der Waals surface area (Å²) in [4.78, 5) is 16.2. The Morgan fingerprint density at radius 2 is 2.00 bits per heavy atom. The van der Waals surface area contributed by atoms with Gasteiger partial charge in [0, 0.05) is 18.3 Å². The molecule has 0 radical (unpaired) electrons. The van der Waals surface area contributed by atoms with Crippen molar-refractivity contribution >= 4 is 29.7 Å². The molecule has 0 saturated carbocycles. The van der Waals surface area contributed by atoms with Crippen LogP contribution in [0, 0.1) is 0 Å². The van der Waals surface area contributed by atoms with E-state index >= 15 is 0 Å². The molecule has 0 atom stereocenters. The monoisotopic (exact) mass is 371 g/mol. The lowest BCUT2D eigenvalue weighted by molar-refractivity contribution is 0.0947. The lowest BCUT2D eigenvalue weighted by Crippen LogP contribution is -2.25. The summed E-state index contributed by atoms with van der Waals surface area (Å²) in [5.41, 5.74) is 5.92. The number of aromatic nitrogens is 1. The van der Waals surface area contributed by atoms with Crippen LogP contribution in [0.15, 0.2) is 29.6 Å². The number of hydrogen-bond donors (Lipinski definition) is 2. The van der Waals surface area contributed by atoms with E-state index in [0.717, 1.165) is 22.9 Å². The molecule has 0 fully saturated rings. The minimum absolute atomic E-state index is 0. The van der Waals surface area contributed by atoms with Gasteiger partial charge in [0.15, 0.2) is 0 Å². The topological polar surface area (TPSA) is 86.5 Å². The van der Waals surface area contributed by atoms with Crippen LogP contribution in [0.25, 0.3) is 0 Å². The van der Waals surface area contributed by atoms with Gasteiger partial charge in [0.05, 0.1) is 18.7 Å². The zero-order chi connectivity index (χ0) is 16.5. The maximum atomic E-state index is 11.9. The number of methoxy groups -OCH3 is 1. The Kier molecular flexibility index (Phi) is 9.14. The molecule has 1 aromatic heterocycles. The number of nitrogens with zero attached hydrogens (tertiary/aromatic N) is 1. The fraction of sp³-hybridized carbons (Fsp3) is 0.375. The highest BCUT2D eigenvalue weighted by Gasteiger charge is 2.09. The van der Waals surface area contributed by atoms with Gasteiger partial charge in [-0.05, 0) is 37.2 Å². The van der Waals surface area contributed by atoms with Gasteiger partial charge in [-0.25, -0.2) is 4.98 Å². The predicted octanol–water partition coefficient (Wildman–Crippen LogP) is 2.27. The number of rotatable bonds is 9. The lowest BCUT2D eigenvalue weighted by atomic mass is 10.3. The Balaban J connectivity index is 0.00000288. The summed E-state index contributed by atoms with van der Waals surface area (Å²) in [6.07, 6.45) is 1.42. The Labute approximate surface area is 151 Å². The molecular weight excluding hydrogens is 350 g/mol. The van der Waals surface area contributed by atoms with Crippen LogP contribution in [0.2, 0.25) is 0 Å². The number of thiazole rings is 1. The molecule has 0 aliphatic heterocycles. The van der Waals surface area contributed by atoms with Gasteiger partial charge in [0.1, 0.15) is 17.2 Å². The minimum atomic E-state index is -0.158. The van der Waals surface area contributed by atoms with Gasteiger partial charge in [-0.1, -0.05) is 0 Å². The second-order valence-corrected chi connectivity index (χ2v) is 5.74. The van der Waals surface area contributed by atoms with Crippen molar-refractivity contribution in [2.24, 2.45) is 5.73 Å². The standard InChI is InChI=1S/C16H21N3O3S.ClH/c1-21-12-3-5-13(6-4-12)22-10-2-9-18-16(20)14-11-23-15(19-14)7-8-17;/h3-6,11H,2,7-10,17H2,1H3,(H,18,20);1H. The SMILES string of the molecule is COc1ccc(OCCCNC(=O)c2csc(CCN)n2)cc1.Cl. The summed E-state index contributed by atoms with van der Waals surface area (Å²) >= 11 is 1.46. The third-order valence-electron chi connectivity index (χ3n) is 3.08. The molecular formula is C16H22ClN3O3S. The molecule has 0 aliphatic carbocycles. The van der Waals surface area contributed by atoms with Gasteiger partial charge in [0.25, 0.3) is 5.91 Å². The van der Waals surface area contributed by atoms with Crippen molar-refractivity contribution in [3.05, 3.63) is 40.3 Å². The van der Waals surface area contributed by atoms with Gasteiger partial charge >= 0.3 is 0 Å². The summed E-state index contributed by atoms with van der Waals surface area (Å²) in [7, 11) is 1.62. The zero-order valence-electron chi connectivity index (χ0n) is 13.5. The third kappa shape index (κ3) is 6.35. The Hall–Kier alpha value is -1.83. The number of nitrogens with one attached hydrogen (secondary N) is 1. The first-order valence-electron chi connectivity index (χ1n) is 7.42. The highest BCUT2D eigenvalue weighted by molar-refractivity contribution is 7.09. The van der Waals surface area contributed by atoms with Crippen LogP contribution in [0.4, 0.5) is 0 Å². The molecule has 1 amide bonds. The van der Waals surface area contributed by atoms with E-state index in [9.17, 15) is 4.79 Å². The first-order valence-corrected chi connectivity index (χ1v) is 8.30. The first kappa shape index (κ1) is 20.2. The second kappa shape index (κ2) is 10.9. The molecule has 8 heteroatoms. The van der Waals surface area contributed by atoms with Crippen LogP contribution in [-0.2, 0) is 6.42 Å². The number of hydrogen-bond acceptors (Lipinski definition) is 6. The summed E-state index contributed by atoms with van der Waals surface area (Å²) in [5, 5.41) is 5.48. The quantitative estimate of drug-likeness (QED) is 0.660. The second-order valence-electron chi connectivity index (χ2n) is 4.80. The molecule has 0 bridgehead atoms. The molecule has 3 N–H and O–H groups in total. The minimum Gasteiger partial charge on any atom is -0.497 e. The molecule has 0 saturated heterocycles.